The molecule has 9 heteroatoms. The molecule has 1 atom stereocenters. The van der Waals surface area contributed by atoms with Gasteiger partial charge in [0.15, 0.2) is 0 Å². The average molecular weight is 279 g/mol. The minimum absolute atomic E-state index is 0. The molecule has 0 aliphatic carbocycles. The van der Waals surface area contributed by atoms with Crippen LogP contribution in [0, 0.1) is 0 Å². The molecule has 0 fully saturated rings. The molecule has 3 N–H and O–H groups in total. The molecule has 0 heterocycles. The zero-order chi connectivity index (χ0) is 12.6. The maximum atomic E-state index is 11.1. The summed E-state index contributed by atoms with van der Waals surface area (Å²) in [4.78, 5) is 41.9. The molecule has 0 saturated carbocycles. The Balaban J connectivity index is -0.00000112. The summed E-state index contributed by atoms with van der Waals surface area (Å²) < 4.78 is 0. The van der Waals surface area contributed by atoms with Crippen LogP contribution in [0.25, 0.3) is 0 Å². The summed E-state index contributed by atoms with van der Waals surface area (Å²) in [7, 11) is 0. The van der Waals surface area contributed by atoms with Crippen molar-refractivity contribution in [2.75, 3.05) is 0 Å². The number of amides is 1. The van der Waals surface area contributed by atoms with Crippen molar-refractivity contribution in [3.63, 3.8) is 0 Å². The molecule has 0 rings (SSSR count). The van der Waals surface area contributed by atoms with Crippen LogP contribution in [0.1, 0.15) is 25.7 Å². The molecule has 7 nitrogen and oxygen atoms in total. The summed E-state index contributed by atoms with van der Waals surface area (Å²) in [5, 5.41) is 19.1. The quantitative estimate of drug-likeness (QED) is 0.352. The Labute approximate surface area is 148 Å². The van der Waals surface area contributed by atoms with Crippen LogP contribution in [-0.4, -0.2) is 99.5 Å². The number of carbonyl (C=O) groups excluding carboxylic acids is 2. The van der Waals surface area contributed by atoms with Crippen LogP contribution < -0.4 is 5.32 Å². The van der Waals surface area contributed by atoms with E-state index in [-0.39, 0.29) is 84.8 Å². The molecule has 0 aliphatic rings. The van der Waals surface area contributed by atoms with Gasteiger partial charge >= 0.3 is 71.1 Å². The maximum absolute atomic E-state index is 11.1. The molecular formula is C9H15NNa2O6. The molecule has 0 aromatic rings. The first-order valence-electron chi connectivity index (χ1n) is 4.65. The van der Waals surface area contributed by atoms with Crippen LogP contribution >= 0.6 is 0 Å². The van der Waals surface area contributed by atoms with Gasteiger partial charge in [-0.1, -0.05) is 0 Å². The molecule has 0 spiro atoms. The summed E-state index contributed by atoms with van der Waals surface area (Å²) >= 11 is 0. The third-order valence-electron chi connectivity index (χ3n) is 1.77. The first kappa shape index (κ1) is 23.2. The molecule has 0 radical (unpaired) electrons. The van der Waals surface area contributed by atoms with Crippen molar-refractivity contribution in [2.24, 2.45) is 0 Å². The summed E-state index contributed by atoms with van der Waals surface area (Å²) in [5.41, 5.74) is 0. The molecule has 1 unspecified atom stereocenters. The fourth-order valence-electron chi connectivity index (χ4n) is 0.979. The zero-order valence-corrected chi connectivity index (χ0v) is 8.51. The van der Waals surface area contributed by atoms with E-state index in [0.717, 1.165) is 0 Å². The first-order chi connectivity index (χ1) is 7.47. The van der Waals surface area contributed by atoms with Gasteiger partial charge in [0, 0.05) is 12.8 Å². The molecule has 0 aliphatic heterocycles. The normalized spacial score (nSPS) is 10.2. The fraction of sp³-hybridized carbons (Fsp3) is 0.556. The third kappa shape index (κ3) is 12.5. The Morgan fingerprint density at radius 3 is 2.06 bits per heavy atom. The van der Waals surface area contributed by atoms with Crippen LogP contribution in [0.3, 0.4) is 0 Å². The van der Waals surface area contributed by atoms with E-state index < -0.39 is 23.9 Å². The van der Waals surface area contributed by atoms with E-state index in [9.17, 15) is 19.2 Å². The predicted molar refractivity (Wildman–Crippen MR) is 66.0 cm³/mol. The minimum atomic E-state index is -1.24. The molecule has 0 aromatic carbocycles. The van der Waals surface area contributed by atoms with Crippen molar-refractivity contribution in [3.05, 3.63) is 0 Å². The molecule has 18 heavy (non-hydrogen) atoms. The van der Waals surface area contributed by atoms with Gasteiger partial charge in [-0.25, -0.2) is 4.79 Å². The van der Waals surface area contributed by atoms with Gasteiger partial charge in [0.05, 0.1) is 6.42 Å². The summed E-state index contributed by atoms with van der Waals surface area (Å²) in [6.07, 6.45) is -0.0563. The first-order valence-corrected chi connectivity index (χ1v) is 4.65. The van der Waals surface area contributed by atoms with Crippen LogP contribution in [0.15, 0.2) is 0 Å². The van der Waals surface area contributed by atoms with Gasteiger partial charge in [-0.05, 0) is 6.42 Å². The number of carbonyl (C=O) groups is 4. The summed E-state index contributed by atoms with van der Waals surface area (Å²) in [6.45, 7) is 0. The van der Waals surface area contributed by atoms with Gasteiger partial charge in [-0.2, -0.15) is 0 Å². The van der Waals surface area contributed by atoms with Crippen molar-refractivity contribution in [2.45, 2.75) is 31.7 Å². The van der Waals surface area contributed by atoms with E-state index in [1.54, 1.807) is 0 Å². The van der Waals surface area contributed by atoms with E-state index >= 15 is 0 Å². The summed E-state index contributed by atoms with van der Waals surface area (Å²) in [5.74, 6) is -3.03. The Kier molecular flexibility index (Phi) is 17.4. The Morgan fingerprint density at radius 2 is 1.67 bits per heavy atom. The van der Waals surface area contributed by atoms with Crippen molar-refractivity contribution >= 4 is 83.2 Å². The molecular weight excluding hydrogens is 264 g/mol. The number of nitrogens with one attached hydrogen (secondary N) is 1. The molecule has 0 aromatic heterocycles. The number of rotatable bonds is 8. The van der Waals surface area contributed by atoms with Crippen LogP contribution in [0.4, 0.5) is 0 Å². The monoisotopic (exact) mass is 279 g/mol. The number of aldehydes is 1. The number of carboxylic acids is 2. The predicted octanol–water partition coefficient (Wildman–Crippen LogP) is -1.90. The van der Waals surface area contributed by atoms with Crippen LogP contribution in [0.5, 0.6) is 0 Å². The van der Waals surface area contributed by atoms with Gasteiger partial charge in [0.2, 0.25) is 5.91 Å². The Bertz CT molecular complexity index is 297. The second-order valence-electron chi connectivity index (χ2n) is 3.10. The van der Waals surface area contributed by atoms with Crippen molar-refractivity contribution < 1.29 is 29.4 Å². The van der Waals surface area contributed by atoms with E-state index in [4.69, 9.17) is 10.2 Å². The van der Waals surface area contributed by atoms with E-state index in [1.807, 2.05) is 0 Å². The SMILES string of the molecule is O=CCCC(NC(=O)CCC(=O)O)C(=O)O.[NaH].[NaH]. The Morgan fingerprint density at radius 1 is 1.11 bits per heavy atom. The van der Waals surface area contributed by atoms with Gasteiger partial charge in [0.1, 0.15) is 12.3 Å². The van der Waals surface area contributed by atoms with E-state index in [1.165, 1.54) is 0 Å². The molecule has 94 valence electrons. The Hall–Kier alpha value is 0.0800. The standard InChI is InChI=1S/C9H13NO6.2Na.2H/c11-5-1-2-6(9(15)16)10-7(12)3-4-8(13)14;;;;/h5-6H,1-4H2,(H,10,12)(H,13,14)(H,15,16);;;;. The second-order valence-corrected chi connectivity index (χ2v) is 3.10. The number of hydrogen-bond donors (Lipinski definition) is 3. The van der Waals surface area contributed by atoms with Crippen molar-refractivity contribution in [1.29, 1.82) is 0 Å². The van der Waals surface area contributed by atoms with Crippen molar-refractivity contribution in [3.8, 4) is 0 Å². The van der Waals surface area contributed by atoms with E-state index in [0.29, 0.717) is 6.29 Å². The van der Waals surface area contributed by atoms with Crippen molar-refractivity contribution in [1.82, 2.24) is 5.32 Å². The van der Waals surface area contributed by atoms with Gasteiger partial charge in [-0.15, -0.1) is 0 Å². The van der Waals surface area contributed by atoms with Crippen LogP contribution in [0.2, 0.25) is 0 Å². The van der Waals surface area contributed by atoms with Crippen LogP contribution in [-0.2, 0) is 19.2 Å². The van der Waals surface area contributed by atoms with Gasteiger partial charge in [0.25, 0.3) is 0 Å². The molecule has 1 amide bonds. The topological polar surface area (TPSA) is 121 Å². The molecule has 0 saturated heterocycles. The number of carboxylic acid groups (broad SMARTS) is 2. The second kappa shape index (κ2) is 13.5. The average Bonchev–Trinajstić information content (AvgIpc) is 2.20. The molecule has 0 bridgehead atoms. The zero-order valence-electron chi connectivity index (χ0n) is 8.51. The fourth-order valence-corrected chi connectivity index (χ4v) is 0.979. The number of aliphatic carboxylic acids is 2. The number of hydrogen-bond acceptors (Lipinski definition) is 4. The van der Waals surface area contributed by atoms with Gasteiger partial charge < -0.3 is 20.3 Å². The summed E-state index contributed by atoms with van der Waals surface area (Å²) in [6, 6.07) is -1.15. The van der Waals surface area contributed by atoms with E-state index in [2.05, 4.69) is 5.32 Å². The third-order valence-corrected chi connectivity index (χ3v) is 1.77. The van der Waals surface area contributed by atoms with Gasteiger partial charge in [-0.3, -0.25) is 9.59 Å².